The van der Waals surface area contributed by atoms with Gasteiger partial charge in [0.25, 0.3) is 0 Å². The molecule has 1 aromatic heterocycles. The fourth-order valence-electron chi connectivity index (χ4n) is 1.79. The van der Waals surface area contributed by atoms with Crippen molar-refractivity contribution in [3.8, 4) is 0 Å². The van der Waals surface area contributed by atoms with Crippen LogP contribution in [0.4, 0.5) is 0 Å². The maximum absolute atomic E-state index is 12.1. The Hall–Kier alpha value is -0.590. The van der Waals surface area contributed by atoms with E-state index in [0.717, 1.165) is 6.42 Å². The van der Waals surface area contributed by atoms with Gasteiger partial charge in [-0.2, -0.15) is 0 Å². The maximum atomic E-state index is 12.1. The Bertz CT molecular complexity index is 454. The minimum Gasteiger partial charge on any atom is -0.460 e. The lowest BCUT2D eigenvalue weighted by atomic mass is 10.2. The van der Waals surface area contributed by atoms with Crippen LogP contribution in [0.25, 0.3) is 0 Å². The highest BCUT2D eigenvalue weighted by Crippen LogP contribution is 2.15. The zero-order chi connectivity index (χ0) is 15.8. The van der Waals surface area contributed by atoms with E-state index in [1.165, 1.54) is 0 Å². The fraction of sp³-hybridized carbons (Fsp3) is 0.571. The largest absolute Gasteiger partial charge is 0.460 e. The van der Waals surface area contributed by atoms with Crippen molar-refractivity contribution >= 4 is 41.6 Å². The first-order chi connectivity index (χ1) is 9.97. The topological polar surface area (TPSA) is 60.5 Å². The van der Waals surface area contributed by atoms with Gasteiger partial charge in [-0.15, -0.1) is 12.4 Å². The Morgan fingerprint density at radius 1 is 1.36 bits per heavy atom. The van der Waals surface area contributed by atoms with Gasteiger partial charge in [0, 0.05) is 6.61 Å². The molecule has 0 spiro atoms. The summed E-state index contributed by atoms with van der Waals surface area (Å²) >= 11 is 11.6. The first-order valence-electron chi connectivity index (χ1n) is 6.75. The highest BCUT2D eigenvalue weighted by Gasteiger charge is 2.25. The van der Waals surface area contributed by atoms with Crippen LogP contribution >= 0.6 is 35.6 Å². The average molecular weight is 372 g/mol. The molecule has 126 valence electrons. The van der Waals surface area contributed by atoms with Crippen molar-refractivity contribution in [2.24, 2.45) is 0 Å². The van der Waals surface area contributed by atoms with Gasteiger partial charge in [0.05, 0.1) is 6.10 Å². The van der Waals surface area contributed by atoms with E-state index in [1.807, 2.05) is 13.8 Å². The quantitative estimate of drug-likeness (QED) is 0.561. The SMILES string of the molecule is CCCO[C@@H](C)[C@H](NC)C(=O)OCc1cc(Cl)nc(Cl)c1.Cl. The minimum absolute atomic E-state index is 0. The molecule has 0 aromatic carbocycles. The molecule has 1 N–H and O–H groups in total. The number of ether oxygens (including phenoxy) is 2. The van der Waals surface area contributed by atoms with Crippen molar-refractivity contribution in [3.63, 3.8) is 0 Å². The zero-order valence-corrected chi connectivity index (χ0v) is 15.1. The number of aromatic nitrogens is 1. The molecule has 0 saturated carbocycles. The summed E-state index contributed by atoms with van der Waals surface area (Å²) in [4.78, 5) is 15.9. The molecular formula is C14H21Cl3N2O3. The minimum atomic E-state index is -0.524. The predicted molar refractivity (Wildman–Crippen MR) is 89.9 cm³/mol. The van der Waals surface area contributed by atoms with E-state index in [1.54, 1.807) is 19.2 Å². The van der Waals surface area contributed by atoms with E-state index in [4.69, 9.17) is 32.7 Å². The van der Waals surface area contributed by atoms with Gasteiger partial charge < -0.3 is 14.8 Å². The van der Waals surface area contributed by atoms with E-state index in [-0.39, 0.29) is 41.4 Å². The summed E-state index contributed by atoms with van der Waals surface area (Å²) < 4.78 is 10.8. The molecule has 0 bridgehead atoms. The van der Waals surface area contributed by atoms with Crippen LogP contribution in [0.5, 0.6) is 0 Å². The summed E-state index contributed by atoms with van der Waals surface area (Å²) in [5, 5.41) is 3.43. The lowest BCUT2D eigenvalue weighted by molar-refractivity contribution is -0.151. The molecule has 2 atom stereocenters. The van der Waals surface area contributed by atoms with Gasteiger partial charge in [-0.3, -0.25) is 4.79 Å². The van der Waals surface area contributed by atoms with Crippen LogP contribution < -0.4 is 5.32 Å². The number of nitrogens with one attached hydrogen (secondary N) is 1. The summed E-state index contributed by atoms with van der Waals surface area (Å²) in [7, 11) is 1.69. The predicted octanol–water partition coefficient (Wildman–Crippen LogP) is 3.26. The molecule has 0 amide bonds. The Morgan fingerprint density at radius 2 is 1.95 bits per heavy atom. The molecular weight excluding hydrogens is 351 g/mol. The van der Waals surface area contributed by atoms with Crippen molar-refractivity contribution in [3.05, 3.63) is 28.0 Å². The molecule has 0 fully saturated rings. The van der Waals surface area contributed by atoms with Crippen LogP contribution in [-0.2, 0) is 20.9 Å². The fourth-order valence-corrected chi connectivity index (χ4v) is 2.29. The highest BCUT2D eigenvalue weighted by atomic mass is 35.5. The van der Waals surface area contributed by atoms with Gasteiger partial charge >= 0.3 is 5.97 Å². The Kier molecular flexibility index (Phi) is 10.7. The van der Waals surface area contributed by atoms with E-state index in [0.29, 0.717) is 12.2 Å². The molecule has 0 aliphatic rings. The number of nitrogens with zero attached hydrogens (tertiary/aromatic N) is 1. The number of likely N-dealkylation sites (N-methyl/N-ethyl adjacent to an activating group) is 1. The van der Waals surface area contributed by atoms with Gasteiger partial charge in [0.15, 0.2) is 0 Å². The second kappa shape index (κ2) is 11.0. The number of carbonyl (C=O) groups excluding carboxylic acids is 1. The van der Waals surface area contributed by atoms with Crippen molar-refractivity contribution in [2.45, 2.75) is 39.0 Å². The van der Waals surface area contributed by atoms with Gasteiger partial charge in [-0.1, -0.05) is 30.1 Å². The van der Waals surface area contributed by atoms with Crippen molar-refractivity contribution < 1.29 is 14.3 Å². The molecule has 22 heavy (non-hydrogen) atoms. The molecule has 1 rings (SSSR count). The van der Waals surface area contributed by atoms with Crippen molar-refractivity contribution in [1.29, 1.82) is 0 Å². The van der Waals surface area contributed by atoms with Crippen LogP contribution in [0.1, 0.15) is 25.8 Å². The number of hydrogen-bond donors (Lipinski definition) is 1. The summed E-state index contributed by atoms with van der Waals surface area (Å²) in [6.45, 7) is 4.52. The van der Waals surface area contributed by atoms with Crippen LogP contribution in [-0.4, -0.2) is 36.8 Å². The number of esters is 1. The van der Waals surface area contributed by atoms with Gasteiger partial charge in [-0.05, 0) is 38.1 Å². The van der Waals surface area contributed by atoms with E-state index in [9.17, 15) is 4.79 Å². The van der Waals surface area contributed by atoms with E-state index >= 15 is 0 Å². The number of carbonyl (C=O) groups is 1. The lowest BCUT2D eigenvalue weighted by Crippen LogP contribution is -2.45. The van der Waals surface area contributed by atoms with Crippen LogP contribution in [0.3, 0.4) is 0 Å². The van der Waals surface area contributed by atoms with Gasteiger partial charge in [0.2, 0.25) is 0 Å². The second-order valence-corrected chi connectivity index (χ2v) is 5.35. The van der Waals surface area contributed by atoms with Gasteiger partial charge in [0.1, 0.15) is 23.0 Å². The smallest absolute Gasteiger partial charge is 0.326 e. The average Bonchev–Trinajstić information content (AvgIpc) is 2.42. The molecule has 8 heteroatoms. The third kappa shape index (κ3) is 7.11. The molecule has 0 saturated heterocycles. The molecule has 0 aliphatic heterocycles. The Morgan fingerprint density at radius 3 is 2.45 bits per heavy atom. The molecule has 1 aromatic rings. The molecule has 5 nitrogen and oxygen atoms in total. The van der Waals surface area contributed by atoms with Crippen molar-refractivity contribution in [1.82, 2.24) is 10.3 Å². The summed E-state index contributed by atoms with van der Waals surface area (Å²) in [5.41, 5.74) is 0.685. The molecule has 1 heterocycles. The Labute approximate surface area is 147 Å². The van der Waals surface area contributed by atoms with Crippen LogP contribution in [0.2, 0.25) is 10.3 Å². The summed E-state index contributed by atoms with van der Waals surface area (Å²) in [5.74, 6) is -0.384. The van der Waals surface area contributed by atoms with Crippen LogP contribution in [0, 0.1) is 0 Å². The van der Waals surface area contributed by atoms with Crippen molar-refractivity contribution in [2.75, 3.05) is 13.7 Å². The normalized spacial score (nSPS) is 13.1. The van der Waals surface area contributed by atoms with Gasteiger partial charge in [-0.25, -0.2) is 4.98 Å². The second-order valence-electron chi connectivity index (χ2n) is 4.57. The third-order valence-electron chi connectivity index (χ3n) is 2.82. The first kappa shape index (κ1) is 21.4. The zero-order valence-electron chi connectivity index (χ0n) is 12.8. The Balaban J connectivity index is 0.00000441. The molecule has 0 unspecified atom stereocenters. The summed E-state index contributed by atoms with van der Waals surface area (Å²) in [6, 6.07) is 2.68. The monoisotopic (exact) mass is 370 g/mol. The first-order valence-corrected chi connectivity index (χ1v) is 7.51. The molecule has 0 radical (unpaired) electrons. The van der Waals surface area contributed by atoms with Crippen LogP contribution in [0.15, 0.2) is 12.1 Å². The maximum Gasteiger partial charge on any atom is 0.326 e. The number of halogens is 3. The molecule has 0 aliphatic carbocycles. The number of rotatable bonds is 8. The number of hydrogen-bond acceptors (Lipinski definition) is 5. The standard InChI is InChI=1S/C14H20Cl2N2O3.ClH/c1-4-5-20-9(2)13(17-3)14(19)21-8-10-6-11(15)18-12(16)7-10;/h6-7,9,13,17H,4-5,8H2,1-3H3;1H/t9-,13-;/m0./s1. The van der Waals surface area contributed by atoms with E-state index < -0.39 is 6.04 Å². The number of pyridine rings is 1. The highest BCUT2D eigenvalue weighted by molar-refractivity contribution is 6.32. The third-order valence-corrected chi connectivity index (χ3v) is 3.21. The van der Waals surface area contributed by atoms with E-state index in [2.05, 4.69) is 10.3 Å². The lowest BCUT2D eigenvalue weighted by Gasteiger charge is -2.22. The summed E-state index contributed by atoms with van der Waals surface area (Å²) in [6.07, 6.45) is 0.621.